The smallest absolute Gasteiger partial charge is 0.276 e. The van der Waals surface area contributed by atoms with Crippen LogP contribution in [0, 0.1) is 0 Å². The van der Waals surface area contributed by atoms with Crippen LogP contribution in [0.1, 0.15) is 35.7 Å². The normalized spacial score (nSPS) is 11.2. The van der Waals surface area contributed by atoms with Crippen LogP contribution in [0.25, 0.3) is 33.3 Å². The Kier molecular flexibility index (Phi) is 6.06. The number of aromatic nitrogens is 3. The van der Waals surface area contributed by atoms with E-state index < -0.39 is 0 Å². The number of carbonyl (C=O) groups is 1. The van der Waals surface area contributed by atoms with Crippen molar-refractivity contribution in [2.24, 2.45) is 0 Å². The first-order valence-electron chi connectivity index (χ1n) is 11.8. The van der Waals surface area contributed by atoms with E-state index in [9.17, 15) is 9.59 Å². The number of aromatic amines is 2. The second-order valence-electron chi connectivity index (χ2n) is 8.67. The summed E-state index contributed by atoms with van der Waals surface area (Å²) in [6, 6.07) is 22.8. The molecule has 35 heavy (non-hydrogen) atoms. The van der Waals surface area contributed by atoms with E-state index >= 15 is 0 Å². The minimum Gasteiger partial charge on any atom is -0.396 e. The number of rotatable bonds is 7. The van der Waals surface area contributed by atoms with Crippen molar-refractivity contribution in [1.82, 2.24) is 19.9 Å². The number of nitrogens with two attached hydrogens (primary N) is 1. The summed E-state index contributed by atoms with van der Waals surface area (Å²) in [6.07, 6.45) is 1.92. The van der Waals surface area contributed by atoms with Crippen LogP contribution in [0.15, 0.2) is 77.6 Å². The summed E-state index contributed by atoms with van der Waals surface area (Å²) in [7, 11) is 0. The van der Waals surface area contributed by atoms with Gasteiger partial charge in [0.05, 0.1) is 22.4 Å². The molecule has 7 heteroatoms. The average molecular weight is 466 g/mol. The molecule has 2 aromatic heterocycles. The fourth-order valence-electron chi connectivity index (χ4n) is 4.32. The number of anilines is 1. The summed E-state index contributed by atoms with van der Waals surface area (Å²) in [6.45, 7) is 3.33. The van der Waals surface area contributed by atoms with E-state index in [1.165, 1.54) is 0 Å². The fourth-order valence-corrected chi connectivity index (χ4v) is 4.32. The number of carbonyl (C=O) groups excluding carboxylic acids is 1. The maximum Gasteiger partial charge on any atom is 0.276 e. The Morgan fingerprint density at radius 2 is 1.74 bits per heavy atom. The number of nitrogens with one attached hydrogen (secondary N) is 2. The van der Waals surface area contributed by atoms with Gasteiger partial charge in [-0.3, -0.25) is 9.59 Å². The Labute approximate surface area is 202 Å². The van der Waals surface area contributed by atoms with Gasteiger partial charge in [-0.05, 0) is 42.3 Å². The first kappa shape index (κ1) is 22.4. The molecule has 7 nitrogen and oxygen atoms in total. The highest BCUT2D eigenvalue weighted by molar-refractivity contribution is 6.04. The van der Waals surface area contributed by atoms with Gasteiger partial charge in [-0.2, -0.15) is 0 Å². The molecule has 0 bridgehead atoms. The second-order valence-corrected chi connectivity index (χ2v) is 8.67. The fraction of sp³-hybridized carbons (Fsp3) is 0.179. The molecule has 5 aromatic rings. The largest absolute Gasteiger partial charge is 0.396 e. The monoisotopic (exact) mass is 465 g/mol. The molecule has 0 aliphatic rings. The summed E-state index contributed by atoms with van der Waals surface area (Å²) in [5.41, 5.74) is 10.9. The lowest BCUT2D eigenvalue weighted by atomic mass is 10.1. The minimum atomic E-state index is -0.327. The van der Waals surface area contributed by atoms with E-state index in [0.29, 0.717) is 46.5 Å². The molecule has 0 spiro atoms. The summed E-state index contributed by atoms with van der Waals surface area (Å²) < 4.78 is 0. The number of hydrogen-bond donors (Lipinski definition) is 3. The molecule has 3 aromatic carbocycles. The van der Waals surface area contributed by atoms with Crippen molar-refractivity contribution >= 4 is 33.5 Å². The zero-order valence-electron chi connectivity index (χ0n) is 19.5. The topological polar surface area (TPSA) is 108 Å². The highest BCUT2D eigenvalue weighted by Gasteiger charge is 2.20. The van der Waals surface area contributed by atoms with Crippen LogP contribution in [0.2, 0.25) is 0 Å². The van der Waals surface area contributed by atoms with Crippen molar-refractivity contribution in [2.75, 3.05) is 12.3 Å². The van der Waals surface area contributed by atoms with Gasteiger partial charge in [0.25, 0.3) is 11.5 Å². The molecule has 0 saturated carbocycles. The van der Waals surface area contributed by atoms with Crippen LogP contribution in [0.4, 0.5) is 5.69 Å². The molecule has 176 valence electrons. The SMILES string of the molecule is CCCCN(Cc1ccccc1)C(=O)c1ccc2[nH]c(-c3nc4ccccc4[nH]c3=O)c(N)c2c1. The van der Waals surface area contributed by atoms with Crippen molar-refractivity contribution in [2.45, 2.75) is 26.3 Å². The van der Waals surface area contributed by atoms with Crippen LogP contribution in [0.3, 0.4) is 0 Å². The second kappa shape index (κ2) is 9.46. The number of benzene rings is 3. The van der Waals surface area contributed by atoms with Crippen molar-refractivity contribution in [1.29, 1.82) is 0 Å². The quantitative estimate of drug-likeness (QED) is 0.311. The van der Waals surface area contributed by atoms with Gasteiger partial charge < -0.3 is 20.6 Å². The van der Waals surface area contributed by atoms with Crippen LogP contribution < -0.4 is 11.3 Å². The van der Waals surface area contributed by atoms with Crippen LogP contribution in [-0.4, -0.2) is 32.3 Å². The van der Waals surface area contributed by atoms with Crippen molar-refractivity contribution in [3.8, 4) is 11.4 Å². The minimum absolute atomic E-state index is 0.0481. The van der Waals surface area contributed by atoms with Crippen molar-refractivity contribution < 1.29 is 4.79 Å². The maximum absolute atomic E-state index is 13.5. The first-order chi connectivity index (χ1) is 17.0. The van der Waals surface area contributed by atoms with E-state index in [1.807, 2.05) is 59.5 Å². The molecule has 0 radical (unpaired) electrons. The van der Waals surface area contributed by atoms with E-state index in [0.717, 1.165) is 23.9 Å². The first-order valence-corrected chi connectivity index (χ1v) is 11.8. The maximum atomic E-state index is 13.5. The Balaban J connectivity index is 1.52. The molecule has 4 N–H and O–H groups in total. The number of H-pyrrole nitrogens is 2. The van der Waals surface area contributed by atoms with Gasteiger partial charge in [0.2, 0.25) is 0 Å². The van der Waals surface area contributed by atoms with E-state index in [4.69, 9.17) is 5.73 Å². The predicted molar refractivity (Wildman–Crippen MR) is 140 cm³/mol. The Morgan fingerprint density at radius 1 is 0.971 bits per heavy atom. The molecule has 2 heterocycles. The third-order valence-electron chi connectivity index (χ3n) is 6.21. The number of nitrogen functional groups attached to an aromatic ring is 1. The van der Waals surface area contributed by atoms with Crippen LogP contribution in [0.5, 0.6) is 0 Å². The third-order valence-corrected chi connectivity index (χ3v) is 6.21. The number of nitrogens with zero attached hydrogens (tertiary/aromatic N) is 2. The molecule has 0 atom stereocenters. The molecule has 0 aliphatic heterocycles. The summed E-state index contributed by atoms with van der Waals surface area (Å²) >= 11 is 0. The van der Waals surface area contributed by atoms with E-state index in [2.05, 4.69) is 21.9 Å². The van der Waals surface area contributed by atoms with Gasteiger partial charge >= 0.3 is 0 Å². The van der Waals surface area contributed by atoms with Gasteiger partial charge in [0, 0.05) is 29.6 Å². The Morgan fingerprint density at radius 3 is 2.54 bits per heavy atom. The zero-order chi connectivity index (χ0) is 24.4. The molecule has 0 aliphatic carbocycles. The van der Waals surface area contributed by atoms with E-state index in [1.54, 1.807) is 18.2 Å². The lowest BCUT2D eigenvalue weighted by Crippen LogP contribution is -2.31. The third kappa shape index (κ3) is 4.40. The Hall–Kier alpha value is -4.39. The van der Waals surface area contributed by atoms with Crippen molar-refractivity contribution in [3.63, 3.8) is 0 Å². The molecular weight excluding hydrogens is 438 g/mol. The zero-order valence-corrected chi connectivity index (χ0v) is 19.5. The van der Waals surface area contributed by atoms with Gasteiger partial charge in [-0.15, -0.1) is 0 Å². The van der Waals surface area contributed by atoms with Gasteiger partial charge in [0.1, 0.15) is 0 Å². The molecule has 0 unspecified atom stereocenters. The van der Waals surface area contributed by atoms with Gasteiger partial charge in [-0.25, -0.2) is 4.98 Å². The highest BCUT2D eigenvalue weighted by Crippen LogP contribution is 2.31. The average Bonchev–Trinajstić information content (AvgIpc) is 3.21. The van der Waals surface area contributed by atoms with Gasteiger partial charge in [-0.1, -0.05) is 55.8 Å². The molecule has 0 saturated heterocycles. The highest BCUT2D eigenvalue weighted by atomic mass is 16.2. The summed E-state index contributed by atoms with van der Waals surface area (Å²) in [5.74, 6) is -0.0481. The summed E-state index contributed by atoms with van der Waals surface area (Å²) in [5, 5.41) is 0.690. The molecule has 0 fully saturated rings. The number of amides is 1. The number of para-hydroxylation sites is 2. The number of hydrogen-bond acceptors (Lipinski definition) is 4. The Bertz CT molecular complexity index is 1570. The van der Waals surface area contributed by atoms with Crippen LogP contribution in [-0.2, 0) is 6.54 Å². The molecule has 1 amide bonds. The lowest BCUT2D eigenvalue weighted by molar-refractivity contribution is 0.0741. The standard InChI is InChI=1S/C28H27N5O2/c1-2-3-15-33(17-18-9-5-4-6-10-18)28(35)19-13-14-21-20(16-19)24(29)25(30-21)26-27(34)32-23-12-8-7-11-22(23)31-26/h4-14,16,30H,2-3,15,17,29H2,1H3,(H,32,34). The van der Waals surface area contributed by atoms with Gasteiger partial charge in [0.15, 0.2) is 5.69 Å². The number of unbranched alkanes of at least 4 members (excludes halogenated alkanes) is 1. The van der Waals surface area contributed by atoms with E-state index in [-0.39, 0.29) is 17.2 Å². The lowest BCUT2D eigenvalue weighted by Gasteiger charge is -2.23. The predicted octanol–water partition coefficient (Wildman–Crippen LogP) is 5.10. The summed E-state index contributed by atoms with van der Waals surface area (Å²) in [4.78, 5) is 38.7. The van der Waals surface area contributed by atoms with Crippen molar-refractivity contribution in [3.05, 3.63) is 94.3 Å². The van der Waals surface area contributed by atoms with Crippen LogP contribution >= 0.6 is 0 Å². The number of fused-ring (bicyclic) bond motifs is 2. The molecular formula is C28H27N5O2. The molecule has 5 rings (SSSR count).